The number of fused-ring (bicyclic) bond motifs is 5. The van der Waals surface area contributed by atoms with Crippen LogP contribution in [0.2, 0.25) is 0 Å². The van der Waals surface area contributed by atoms with E-state index in [0.717, 1.165) is 30.4 Å². The van der Waals surface area contributed by atoms with Gasteiger partial charge in [0.05, 0.1) is 5.56 Å². The molecule has 3 aliphatic rings. The SMILES string of the molecule is CC1(C)CCC[C@]2(C)[C@H]3Cc4c(O)cc(C=O)c(O)c4[C@@]3(C)CC[C@@H]12. The van der Waals surface area contributed by atoms with E-state index in [1.165, 1.54) is 25.3 Å². The summed E-state index contributed by atoms with van der Waals surface area (Å²) in [5, 5.41) is 21.3. The van der Waals surface area contributed by atoms with Crippen molar-refractivity contribution in [2.24, 2.45) is 22.7 Å². The predicted octanol–water partition coefficient (Wildman–Crippen LogP) is 4.97. The predicted molar refractivity (Wildman–Crippen MR) is 98.2 cm³/mol. The summed E-state index contributed by atoms with van der Waals surface area (Å²) >= 11 is 0. The van der Waals surface area contributed by atoms with E-state index in [1.54, 1.807) is 0 Å². The number of carbonyl (C=O) groups excluding carboxylic acids is 1. The minimum atomic E-state index is -0.158. The molecule has 3 heteroatoms. The first-order chi connectivity index (χ1) is 11.6. The van der Waals surface area contributed by atoms with Crippen LogP contribution in [0.3, 0.4) is 0 Å². The first-order valence-electron chi connectivity index (χ1n) is 9.68. The van der Waals surface area contributed by atoms with E-state index in [4.69, 9.17) is 0 Å². The standard InChI is InChI=1S/C22H30O3/c1-20(2)7-5-8-21(3)16(20)6-9-22(4)17(21)11-14-15(24)10-13(12-23)19(25)18(14)22/h10,12,16-17,24-25H,5-9,11H2,1-4H3/t16-,17+,21-,22-/m0/s1. The van der Waals surface area contributed by atoms with Crippen molar-refractivity contribution in [1.29, 1.82) is 0 Å². The van der Waals surface area contributed by atoms with Crippen molar-refractivity contribution in [1.82, 2.24) is 0 Å². The molecule has 0 aliphatic heterocycles. The second-order valence-electron chi connectivity index (χ2n) is 9.92. The summed E-state index contributed by atoms with van der Waals surface area (Å²) in [6.07, 6.45) is 7.40. The number of carbonyl (C=O) groups is 1. The van der Waals surface area contributed by atoms with Gasteiger partial charge in [0.1, 0.15) is 11.5 Å². The number of phenolic OH excluding ortho intramolecular Hbond substituents is 2. The molecule has 0 amide bonds. The Morgan fingerprint density at radius 1 is 1.08 bits per heavy atom. The monoisotopic (exact) mass is 342 g/mol. The highest BCUT2D eigenvalue weighted by Gasteiger charge is 2.62. The smallest absolute Gasteiger partial charge is 0.153 e. The summed E-state index contributed by atoms with van der Waals surface area (Å²) in [5.74, 6) is 1.37. The van der Waals surface area contributed by atoms with Crippen LogP contribution in [0.25, 0.3) is 0 Å². The van der Waals surface area contributed by atoms with Crippen molar-refractivity contribution >= 4 is 6.29 Å². The van der Waals surface area contributed by atoms with E-state index in [0.29, 0.717) is 23.5 Å². The Morgan fingerprint density at radius 3 is 2.48 bits per heavy atom. The molecular formula is C22H30O3. The lowest BCUT2D eigenvalue weighted by atomic mass is 9.43. The zero-order valence-corrected chi connectivity index (χ0v) is 15.9. The van der Waals surface area contributed by atoms with Crippen LogP contribution in [-0.2, 0) is 11.8 Å². The van der Waals surface area contributed by atoms with Crippen LogP contribution in [-0.4, -0.2) is 16.5 Å². The van der Waals surface area contributed by atoms with E-state index in [1.807, 2.05) is 0 Å². The van der Waals surface area contributed by atoms with Gasteiger partial charge in [0, 0.05) is 16.5 Å². The summed E-state index contributed by atoms with van der Waals surface area (Å²) in [6, 6.07) is 1.44. The highest BCUT2D eigenvalue weighted by molar-refractivity contribution is 5.82. The van der Waals surface area contributed by atoms with Gasteiger partial charge in [-0.25, -0.2) is 0 Å². The molecule has 0 bridgehead atoms. The van der Waals surface area contributed by atoms with Crippen LogP contribution in [0, 0.1) is 22.7 Å². The molecule has 1 aromatic rings. The molecule has 25 heavy (non-hydrogen) atoms. The van der Waals surface area contributed by atoms with E-state index < -0.39 is 0 Å². The third-order valence-corrected chi connectivity index (χ3v) is 8.31. The van der Waals surface area contributed by atoms with Gasteiger partial charge < -0.3 is 10.2 Å². The summed E-state index contributed by atoms with van der Waals surface area (Å²) in [6.45, 7) is 9.53. The molecule has 4 atom stereocenters. The lowest BCUT2D eigenvalue weighted by Crippen LogP contribution is -2.55. The molecule has 3 aliphatic carbocycles. The average molecular weight is 342 g/mol. The molecular weight excluding hydrogens is 312 g/mol. The second-order valence-corrected chi connectivity index (χ2v) is 9.92. The Bertz CT molecular complexity index is 750. The van der Waals surface area contributed by atoms with Crippen LogP contribution in [0.5, 0.6) is 11.5 Å². The number of hydrogen-bond donors (Lipinski definition) is 2. The van der Waals surface area contributed by atoms with Crippen molar-refractivity contribution in [3.8, 4) is 11.5 Å². The van der Waals surface area contributed by atoms with E-state index in [-0.39, 0.29) is 27.9 Å². The Morgan fingerprint density at radius 2 is 1.80 bits per heavy atom. The van der Waals surface area contributed by atoms with Gasteiger partial charge in [0.2, 0.25) is 0 Å². The number of aromatic hydroxyl groups is 2. The molecule has 0 saturated heterocycles. The Hall–Kier alpha value is -1.51. The number of rotatable bonds is 1. The minimum absolute atomic E-state index is 0.102. The maximum absolute atomic E-state index is 11.3. The van der Waals surface area contributed by atoms with Gasteiger partial charge in [-0.15, -0.1) is 0 Å². The van der Waals surface area contributed by atoms with Gasteiger partial charge in [0.25, 0.3) is 0 Å². The third-order valence-electron chi connectivity index (χ3n) is 8.31. The molecule has 0 spiro atoms. The molecule has 2 saturated carbocycles. The molecule has 4 rings (SSSR count). The number of hydrogen-bond acceptors (Lipinski definition) is 3. The van der Waals surface area contributed by atoms with Gasteiger partial charge in [-0.1, -0.05) is 34.1 Å². The quantitative estimate of drug-likeness (QED) is 0.560. The average Bonchev–Trinajstić information content (AvgIpc) is 2.85. The molecule has 2 fully saturated rings. The number of phenols is 2. The fourth-order valence-electron chi connectivity index (χ4n) is 7.24. The van der Waals surface area contributed by atoms with Crippen molar-refractivity contribution in [3.63, 3.8) is 0 Å². The zero-order valence-electron chi connectivity index (χ0n) is 15.9. The molecule has 0 radical (unpaired) electrons. The first-order valence-corrected chi connectivity index (χ1v) is 9.68. The molecule has 0 unspecified atom stereocenters. The molecule has 0 heterocycles. The van der Waals surface area contributed by atoms with Crippen LogP contribution in [0.15, 0.2) is 6.07 Å². The zero-order chi connectivity index (χ0) is 18.2. The fourth-order valence-corrected chi connectivity index (χ4v) is 7.24. The van der Waals surface area contributed by atoms with Crippen LogP contribution in [0.4, 0.5) is 0 Å². The molecule has 0 aromatic heterocycles. The van der Waals surface area contributed by atoms with Gasteiger partial charge in [-0.3, -0.25) is 4.79 Å². The maximum Gasteiger partial charge on any atom is 0.153 e. The van der Waals surface area contributed by atoms with E-state index in [2.05, 4.69) is 27.7 Å². The van der Waals surface area contributed by atoms with E-state index >= 15 is 0 Å². The topological polar surface area (TPSA) is 57.5 Å². The number of aldehydes is 1. The molecule has 136 valence electrons. The van der Waals surface area contributed by atoms with Gasteiger partial charge in [-0.2, -0.15) is 0 Å². The Kier molecular flexibility index (Phi) is 3.40. The third kappa shape index (κ3) is 2.01. The van der Waals surface area contributed by atoms with Crippen molar-refractivity contribution in [2.75, 3.05) is 0 Å². The highest BCUT2D eigenvalue weighted by atomic mass is 16.3. The van der Waals surface area contributed by atoms with Crippen LogP contribution < -0.4 is 0 Å². The fraction of sp³-hybridized carbons (Fsp3) is 0.682. The second kappa shape index (κ2) is 5.02. The van der Waals surface area contributed by atoms with Gasteiger partial charge in [0.15, 0.2) is 6.29 Å². The van der Waals surface area contributed by atoms with Crippen molar-refractivity contribution in [2.45, 2.75) is 71.6 Å². The maximum atomic E-state index is 11.3. The van der Waals surface area contributed by atoms with Crippen molar-refractivity contribution in [3.05, 3.63) is 22.8 Å². The normalized spacial score (nSPS) is 38.6. The lowest BCUT2D eigenvalue weighted by Gasteiger charge is -2.61. The van der Waals surface area contributed by atoms with Gasteiger partial charge in [-0.05, 0) is 60.8 Å². The largest absolute Gasteiger partial charge is 0.508 e. The Labute approximate surface area is 150 Å². The lowest BCUT2D eigenvalue weighted by molar-refractivity contribution is -0.0985. The van der Waals surface area contributed by atoms with Gasteiger partial charge >= 0.3 is 0 Å². The van der Waals surface area contributed by atoms with E-state index in [9.17, 15) is 15.0 Å². The summed E-state index contributed by atoms with van der Waals surface area (Å²) < 4.78 is 0. The first kappa shape index (κ1) is 16.9. The van der Waals surface area contributed by atoms with Crippen molar-refractivity contribution < 1.29 is 15.0 Å². The summed E-state index contributed by atoms with van der Waals surface area (Å²) in [7, 11) is 0. The highest BCUT2D eigenvalue weighted by Crippen LogP contribution is 2.69. The number of benzene rings is 1. The van der Waals surface area contributed by atoms with Crippen LogP contribution >= 0.6 is 0 Å². The molecule has 1 aromatic carbocycles. The minimum Gasteiger partial charge on any atom is -0.508 e. The summed E-state index contributed by atoms with van der Waals surface area (Å²) in [5.41, 5.74) is 2.35. The van der Waals surface area contributed by atoms with Crippen LogP contribution in [0.1, 0.15) is 81.3 Å². The summed E-state index contributed by atoms with van der Waals surface area (Å²) in [4.78, 5) is 11.3. The Balaban J connectivity index is 1.88. The molecule has 2 N–H and O–H groups in total. The molecule has 3 nitrogen and oxygen atoms in total.